The van der Waals surface area contributed by atoms with Crippen LogP contribution in [0.15, 0.2) is 47.1 Å². The molecule has 1 aromatic heterocycles. The summed E-state index contributed by atoms with van der Waals surface area (Å²) in [5, 5.41) is 0. The van der Waals surface area contributed by atoms with Crippen molar-refractivity contribution in [2.45, 2.75) is 6.92 Å². The normalized spacial score (nSPS) is 14.2. The Bertz CT molecular complexity index is 787. The standard InChI is InChI=1S/C19H20BrN3O3/c1-2-26-19(25)16-4-3-9-21-17(16)22-10-12-23(13-11-22)18(24)14-5-7-15(20)8-6-14/h3-9H,2,10-13H2,1H3. The van der Waals surface area contributed by atoms with Crippen LogP contribution in [0.3, 0.4) is 0 Å². The van der Waals surface area contributed by atoms with E-state index in [1.165, 1.54) is 0 Å². The first-order valence-corrected chi connectivity index (χ1v) is 9.31. The van der Waals surface area contributed by atoms with Gasteiger partial charge in [-0.15, -0.1) is 0 Å². The molecule has 0 bridgehead atoms. The Morgan fingerprint density at radius 1 is 1.12 bits per heavy atom. The van der Waals surface area contributed by atoms with Crippen molar-refractivity contribution >= 4 is 33.6 Å². The molecule has 1 amide bonds. The van der Waals surface area contributed by atoms with E-state index in [2.05, 4.69) is 20.9 Å². The number of benzene rings is 1. The number of hydrogen-bond donors (Lipinski definition) is 0. The average molecular weight is 418 g/mol. The van der Waals surface area contributed by atoms with Crippen LogP contribution < -0.4 is 4.90 Å². The zero-order valence-corrected chi connectivity index (χ0v) is 16.1. The minimum absolute atomic E-state index is 0.0174. The van der Waals surface area contributed by atoms with E-state index in [1.807, 2.05) is 34.1 Å². The van der Waals surface area contributed by atoms with Gasteiger partial charge in [0, 0.05) is 42.4 Å². The molecular formula is C19H20BrN3O3. The third-order valence-electron chi connectivity index (χ3n) is 4.24. The predicted octanol–water partition coefficient (Wildman–Crippen LogP) is 2.98. The molecule has 0 N–H and O–H groups in total. The number of aromatic nitrogens is 1. The van der Waals surface area contributed by atoms with E-state index >= 15 is 0 Å². The van der Waals surface area contributed by atoms with Crippen LogP contribution in [0.25, 0.3) is 0 Å². The zero-order chi connectivity index (χ0) is 18.5. The number of hydrogen-bond acceptors (Lipinski definition) is 5. The van der Waals surface area contributed by atoms with Crippen molar-refractivity contribution in [3.63, 3.8) is 0 Å². The first-order valence-electron chi connectivity index (χ1n) is 8.52. The van der Waals surface area contributed by atoms with Crippen molar-refractivity contribution in [3.05, 3.63) is 58.2 Å². The molecule has 1 aromatic carbocycles. The molecular weight excluding hydrogens is 398 g/mol. The SMILES string of the molecule is CCOC(=O)c1cccnc1N1CCN(C(=O)c2ccc(Br)cc2)CC1. The zero-order valence-electron chi connectivity index (χ0n) is 14.5. The van der Waals surface area contributed by atoms with E-state index in [-0.39, 0.29) is 11.9 Å². The van der Waals surface area contributed by atoms with E-state index in [9.17, 15) is 9.59 Å². The highest BCUT2D eigenvalue weighted by Gasteiger charge is 2.25. The van der Waals surface area contributed by atoms with Crippen molar-refractivity contribution < 1.29 is 14.3 Å². The van der Waals surface area contributed by atoms with Crippen LogP contribution in [-0.4, -0.2) is 54.5 Å². The largest absolute Gasteiger partial charge is 0.462 e. The lowest BCUT2D eigenvalue weighted by Gasteiger charge is -2.36. The molecule has 26 heavy (non-hydrogen) atoms. The first-order chi connectivity index (χ1) is 12.6. The van der Waals surface area contributed by atoms with Gasteiger partial charge >= 0.3 is 5.97 Å². The van der Waals surface area contributed by atoms with Gasteiger partial charge in [-0.1, -0.05) is 15.9 Å². The fourth-order valence-corrected chi connectivity index (χ4v) is 3.18. The van der Waals surface area contributed by atoms with Crippen LogP contribution in [-0.2, 0) is 4.74 Å². The summed E-state index contributed by atoms with van der Waals surface area (Å²) in [5.74, 6) is 0.259. The maximum absolute atomic E-state index is 12.6. The quantitative estimate of drug-likeness (QED) is 0.715. The van der Waals surface area contributed by atoms with Gasteiger partial charge in [0.15, 0.2) is 0 Å². The van der Waals surface area contributed by atoms with Crippen LogP contribution in [0.2, 0.25) is 0 Å². The van der Waals surface area contributed by atoms with Crippen molar-refractivity contribution in [2.75, 3.05) is 37.7 Å². The molecule has 0 aliphatic carbocycles. The molecule has 7 heteroatoms. The molecule has 0 unspecified atom stereocenters. The molecule has 0 spiro atoms. The van der Waals surface area contributed by atoms with Gasteiger partial charge in [0.05, 0.1) is 6.61 Å². The summed E-state index contributed by atoms with van der Waals surface area (Å²) in [6.45, 7) is 4.49. The third kappa shape index (κ3) is 4.04. The molecule has 0 atom stereocenters. The molecule has 0 saturated carbocycles. The Labute approximate surface area is 160 Å². The van der Waals surface area contributed by atoms with Gasteiger partial charge in [0.2, 0.25) is 0 Å². The first kappa shape index (κ1) is 18.4. The Morgan fingerprint density at radius 3 is 2.46 bits per heavy atom. The number of rotatable bonds is 4. The molecule has 1 saturated heterocycles. The lowest BCUT2D eigenvalue weighted by atomic mass is 10.1. The Hall–Kier alpha value is -2.41. The van der Waals surface area contributed by atoms with Gasteiger partial charge < -0.3 is 14.5 Å². The van der Waals surface area contributed by atoms with E-state index in [4.69, 9.17) is 4.74 Å². The number of amides is 1. The Kier molecular flexibility index (Phi) is 5.88. The van der Waals surface area contributed by atoms with Crippen LogP contribution in [0, 0.1) is 0 Å². The van der Waals surface area contributed by atoms with E-state index in [0.717, 1.165) is 4.47 Å². The second-order valence-electron chi connectivity index (χ2n) is 5.88. The minimum Gasteiger partial charge on any atom is -0.462 e. The number of ether oxygens (including phenoxy) is 1. The summed E-state index contributed by atoms with van der Waals surface area (Å²) in [6.07, 6.45) is 1.66. The topological polar surface area (TPSA) is 62.7 Å². The molecule has 1 fully saturated rings. The number of carbonyl (C=O) groups is 2. The summed E-state index contributed by atoms with van der Waals surface area (Å²) in [7, 11) is 0. The molecule has 136 valence electrons. The fraction of sp³-hybridized carbons (Fsp3) is 0.316. The number of piperazine rings is 1. The number of nitrogens with zero attached hydrogens (tertiary/aromatic N) is 3. The van der Waals surface area contributed by atoms with Gasteiger partial charge in [0.1, 0.15) is 11.4 Å². The fourth-order valence-electron chi connectivity index (χ4n) is 2.91. The predicted molar refractivity (Wildman–Crippen MR) is 102 cm³/mol. The van der Waals surface area contributed by atoms with Crippen LogP contribution in [0.5, 0.6) is 0 Å². The summed E-state index contributed by atoms with van der Waals surface area (Å²) >= 11 is 3.38. The summed E-state index contributed by atoms with van der Waals surface area (Å²) < 4.78 is 6.06. The Morgan fingerprint density at radius 2 is 1.81 bits per heavy atom. The number of pyridine rings is 1. The second-order valence-corrected chi connectivity index (χ2v) is 6.80. The minimum atomic E-state index is -0.371. The number of anilines is 1. The number of carbonyl (C=O) groups excluding carboxylic acids is 2. The maximum atomic E-state index is 12.6. The van der Waals surface area contributed by atoms with Crippen molar-refractivity contribution in [1.29, 1.82) is 0 Å². The molecule has 6 nitrogen and oxygen atoms in total. The second kappa shape index (κ2) is 8.31. The van der Waals surface area contributed by atoms with Gasteiger partial charge in [-0.2, -0.15) is 0 Å². The third-order valence-corrected chi connectivity index (χ3v) is 4.77. The van der Waals surface area contributed by atoms with Crippen molar-refractivity contribution in [3.8, 4) is 0 Å². The molecule has 2 aromatic rings. The van der Waals surface area contributed by atoms with Crippen molar-refractivity contribution in [1.82, 2.24) is 9.88 Å². The smallest absolute Gasteiger partial charge is 0.341 e. The molecule has 3 rings (SSSR count). The summed E-state index contributed by atoms with van der Waals surface area (Å²) in [5.41, 5.74) is 1.13. The summed E-state index contributed by atoms with van der Waals surface area (Å²) in [6, 6.07) is 10.8. The van der Waals surface area contributed by atoms with Crippen LogP contribution in [0.4, 0.5) is 5.82 Å². The van der Waals surface area contributed by atoms with Gasteiger partial charge in [-0.05, 0) is 43.3 Å². The highest BCUT2D eigenvalue weighted by molar-refractivity contribution is 9.10. The highest BCUT2D eigenvalue weighted by atomic mass is 79.9. The van der Waals surface area contributed by atoms with E-state index in [0.29, 0.717) is 49.7 Å². The van der Waals surface area contributed by atoms with E-state index in [1.54, 1.807) is 25.3 Å². The summed E-state index contributed by atoms with van der Waals surface area (Å²) in [4.78, 5) is 33.0. The van der Waals surface area contributed by atoms with Gasteiger partial charge in [-0.3, -0.25) is 4.79 Å². The monoisotopic (exact) mass is 417 g/mol. The molecule has 1 aliphatic rings. The van der Waals surface area contributed by atoms with E-state index < -0.39 is 0 Å². The maximum Gasteiger partial charge on any atom is 0.341 e. The molecule has 2 heterocycles. The lowest BCUT2D eigenvalue weighted by Crippen LogP contribution is -2.49. The van der Waals surface area contributed by atoms with Crippen molar-refractivity contribution in [2.24, 2.45) is 0 Å². The van der Waals surface area contributed by atoms with Crippen LogP contribution in [0.1, 0.15) is 27.6 Å². The van der Waals surface area contributed by atoms with Crippen LogP contribution >= 0.6 is 15.9 Å². The molecule has 1 aliphatic heterocycles. The van der Waals surface area contributed by atoms with Gasteiger partial charge in [-0.25, -0.2) is 9.78 Å². The number of halogens is 1. The highest BCUT2D eigenvalue weighted by Crippen LogP contribution is 2.21. The molecule has 0 radical (unpaired) electrons. The Balaban J connectivity index is 1.68. The number of esters is 1. The van der Waals surface area contributed by atoms with Gasteiger partial charge in [0.25, 0.3) is 5.91 Å². The lowest BCUT2D eigenvalue weighted by molar-refractivity contribution is 0.0525. The average Bonchev–Trinajstić information content (AvgIpc) is 2.68.